The summed E-state index contributed by atoms with van der Waals surface area (Å²) in [7, 11) is 4.14. The van der Waals surface area contributed by atoms with E-state index in [9.17, 15) is 23.2 Å². The van der Waals surface area contributed by atoms with E-state index in [1.54, 1.807) is 15.9 Å². The first-order valence-electron chi connectivity index (χ1n) is 14.8. The van der Waals surface area contributed by atoms with Crippen LogP contribution in [0.2, 0.25) is 0 Å². The molecule has 1 aromatic carbocycles. The minimum atomic E-state index is -4.48. The van der Waals surface area contributed by atoms with Crippen LogP contribution in [0, 0.1) is 17.2 Å². The number of alkyl halides is 3. The number of nitrogens with zero attached hydrogens (tertiary/aromatic N) is 7. The lowest BCUT2D eigenvalue weighted by molar-refractivity contribution is -0.137. The van der Waals surface area contributed by atoms with E-state index in [1.807, 2.05) is 0 Å². The summed E-state index contributed by atoms with van der Waals surface area (Å²) in [5.74, 6) is 0.759. The Hall–Kier alpha value is -3.85. The third kappa shape index (κ3) is 6.56. The van der Waals surface area contributed by atoms with Gasteiger partial charge in [0.15, 0.2) is 0 Å². The molecule has 1 aliphatic carbocycles. The summed E-state index contributed by atoms with van der Waals surface area (Å²) in [5.41, 5.74) is 0.927. The number of anilines is 2. The lowest BCUT2D eigenvalue weighted by Gasteiger charge is -2.42. The second-order valence-electron chi connectivity index (χ2n) is 11.7. The number of carbonyl (C=O) groups is 1. The van der Waals surface area contributed by atoms with E-state index in [0.29, 0.717) is 62.7 Å². The Labute approximate surface area is 250 Å². The first-order valence-corrected chi connectivity index (χ1v) is 14.8. The smallest absolute Gasteiger partial charge is 0.418 e. The van der Waals surface area contributed by atoms with Gasteiger partial charge in [-0.2, -0.15) is 28.4 Å². The molecule has 12 heteroatoms. The number of benzene rings is 1. The number of amides is 1. The van der Waals surface area contributed by atoms with Gasteiger partial charge in [0.05, 0.1) is 42.9 Å². The first kappa shape index (κ1) is 30.6. The van der Waals surface area contributed by atoms with E-state index in [0.717, 1.165) is 30.9 Å². The van der Waals surface area contributed by atoms with Gasteiger partial charge >= 0.3 is 12.2 Å². The molecule has 2 fully saturated rings. The number of piperazine rings is 1. The molecule has 230 valence electrons. The molecule has 1 saturated carbocycles. The van der Waals surface area contributed by atoms with Gasteiger partial charge in [0.25, 0.3) is 0 Å². The number of para-hydroxylation sites is 1. The molecule has 1 amide bonds. The van der Waals surface area contributed by atoms with Crippen LogP contribution >= 0.6 is 0 Å². The van der Waals surface area contributed by atoms with E-state index in [4.69, 9.17) is 14.7 Å². The fourth-order valence-corrected chi connectivity index (χ4v) is 6.72. The van der Waals surface area contributed by atoms with E-state index < -0.39 is 11.7 Å². The quantitative estimate of drug-likeness (QED) is 0.417. The molecule has 2 aliphatic heterocycles. The highest BCUT2D eigenvalue weighted by molar-refractivity contribution is 5.87. The van der Waals surface area contributed by atoms with E-state index in [1.165, 1.54) is 18.2 Å². The highest BCUT2D eigenvalue weighted by Gasteiger charge is 2.37. The normalized spacial score (nSPS) is 22.3. The van der Waals surface area contributed by atoms with Crippen molar-refractivity contribution in [2.75, 3.05) is 56.7 Å². The van der Waals surface area contributed by atoms with Crippen LogP contribution in [-0.2, 0) is 23.9 Å². The molecule has 3 heterocycles. The molecule has 0 bridgehead atoms. The highest BCUT2D eigenvalue weighted by Crippen LogP contribution is 2.39. The maximum Gasteiger partial charge on any atom is 0.418 e. The Morgan fingerprint density at radius 2 is 1.98 bits per heavy atom. The molecule has 0 N–H and O–H groups in total. The zero-order valence-electron chi connectivity index (χ0n) is 24.7. The average molecular weight is 598 g/mol. The summed E-state index contributed by atoms with van der Waals surface area (Å²) in [4.78, 5) is 29.7. The summed E-state index contributed by atoms with van der Waals surface area (Å²) in [6.07, 6.45) is 0.630. The van der Waals surface area contributed by atoms with Gasteiger partial charge in [0.1, 0.15) is 5.82 Å². The van der Waals surface area contributed by atoms with E-state index in [-0.39, 0.29) is 36.6 Å². The van der Waals surface area contributed by atoms with Gasteiger partial charge in [-0.1, -0.05) is 25.1 Å². The van der Waals surface area contributed by atoms with Gasteiger partial charge in [0, 0.05) is 49.4 Å². The third-order valence-corrected chi connectivity index (χ3v) is 8.85. The van der Waals surface area contributed by atoms with Crippen molar-refractivity contribution in [1.29, 1.82) is 5.26 Å². The Kier molecular flexibility index (Phi) is 9.11. The minimum Gasteiger partial charge on any atom is -0.463 e. The molecule has 43 heavy (non-hydrogen) atoms. The van der Waals surface area contributed by atoms with Gasteiger partial charge in [-0.25, -0.2) is 0 Å². The van der Waals surface area contributed by atoms with Crippen LogP contribution in [0.15, 0.2) is 36.9 Å². The van der Waals surface area contributed by atoms with Crippen molar-refractivity contribution in [2.45, 2.75) is 56.9 Å². The van der Waals surface area contributed by atoms with Gasteiger partial charge < -0.3 is 24.3 Å². The lowest BCUT2D eigenvalue weighted by Crippen LogP contribution is -2.55. The summed E-state index contributed by atoms with van der Waals surface area (Å²) >= 11 is 0. The molecular formula is C31H38F3N7O2. The van der Waals surface area contributed by atoms with Crippen molar-refractivity contribution in [3.63, 3.8) is 0 Å². The number of ether oxygens (including phenoxy) is 1. The largest absolute Gasteiger partial charge is 0.463 e. The Morgan fingerprint density at radius 3 is 2.70 bits per heavy atom. The SMILES string of the molecule is C=CC(=O)N1CCN(c2nc(OCC3CCCC3N(C)C)nc3c2CCN(c2ccccc2C(F)(F)F)C3)CC1CC#N. The number of halogens is 3. The molecule has 1 saturated heterocycles. The van der Waals surface area contributed by atoms with Crippen LogP contribution in [0.1, 0.15) is 42.5 Å². The Bertz CT molecular complexity index is 1380. The van der Waals surface area contributed by atoms with Crippen molar-refractivity contribution in [2.24, 2.45) is 5.92 Å². The van der Waals surface area contributed by atoms with E-state index in [2.05, 4.69) is 36.5 Å². The van der Waals surface area contributed by atoms with Crippen molar-refractivity contribution in [1.82, 2.24) is 19.8 Å². The van der Waals surface area contributed by atoms with Crippen molar-refractivity contribution >= 4 is 17.4 Å². The molecule has 1 aromatic heterocycles. The number of fused-ring (bicyclic) bond motifs is 1. The van der Waals surface area contributed by atoms with Crippen LogP contribution < -0.4 is 14.5 Å². The molecule has 9 nitrogen and oxygen atoms in total. The fraction of sp³-hybridized carbons (Fsp3) is 0.548. The predicted octanol–water partition coefficient (Wildman–Crippen LogP) is 4.28. The van der Waals surface area contributed by atoms with Crippen LogP contribution in [0.3, 0.4) is 0 Å². The lowest BCUT2D eigenvalue weighted by atomic mass is 10.0. The Balaban J connectivity index is 1.47. The number of aromatic nitrogens is 2. The number of hydrogen-bond donors (Lipinski definition) is 0. The molecule has 3 unspecified atom stereocenters. The van der Waals surface area contributed by atoms with Crippen molar-refractivity contribution < 1.29 is 22.7 Å². The standard InChI is InChI=1S/C31H38F3N7O2/c1-4-28(42)41-17-16-40(18-22(41)12-14-35)29-23-13-15-39(27-10-6-5-9-24(27)31(32,33)34)19-25(23)36-30(37-29)43-20-21-8-7-11-26(21)38(2)3/h4-6,9-10,21-22,26H,1,7-8,11-13,15-20H2,2-3H3. The van der Waals surface area contributed by atoms with Gasteiger partial charge in [0.2, 0.25) is 5.91 Å². The topological polar surface area (TPSA) is 88.8 Å². The molecule has 3 atom stereocenters. The zero-order valence-corrected chi connectivity index (χ0v) is 24.7. The van der Waals surface area contributed by atoms with Crippen LogP contribution in [-0.4, -0.2) is 84.6 Å². The number of rotatable bonds is 8. The molecule has 0 spiro atoms. The summed E-state index contributed by atoms with van der Waals surface area (Å²) in [5, 5.41) is 9.47. The second-order valence-corrected chi connectivity index (χ2v) is 11.7. The molecule has 5 rings (SSSR count). The molecule has 3 aliphatic rings. The third-order valence-electron chi connectivity index (χ3n) is 8.85. The first-order chi connectivity index (χ1) is 20.6. The maximum absolute atomic E-state index is 13.9. The average Bonchev–Trinajstić information content (AvgIpc) is 3.48. The summed E-state index contributed by atoms with van der Waals surface area (Å²) in [6, 6.07) is 8.04. The zero-order chi connectivity index (χ0) is 30.7. The van der Waals surface area contributed by atoms with Crippen molar-refractivity contribution in [3.8, 4) is 12.1 Å². The summed E-state index contributed by atoms with van der Waals surface area (Å²) in [6.45, 7) is 5.84. The molecular weight excluding hydrogens is 559 g/mol. The maximum atomic E-state index is 13.9. The fourth-order valence-electron chi connectivity index (χ4n) is 6.72. The molecule has 0 radical (unpaired) electrons. The number of nitriles is 1. The van der Waals surface area contributed by atoms with Gasteiger partial charge in [-0.05, 0) is 51.6 Å². The van der Waals surface area contributed by atoms with Crippen LogP contribution in [0.5, 0.6) is 6.01 Å². The monoisotopic (exact) mass is 597 g/mol. The van der Waals surface area contributed by atoms with Crippen molar-refractivity contribution in [3.05, 3.63) is 53.7 Å². The minimum absolute atomic E-state index is 0.119. The second kappa shape index (κ2) is 12.8. The predicted molar refractivity (Wildman–Crippen MR) is 157 cm³/mol. The number of hydrogen-bond acceptors (Lipinski definition) is 8. The molecule has 2 aromatic rings. The van der Waals surface area contributed by atoms with Crippen LogP contribution in [0.4, 0.5) is 24.7 Å². The van der Waals surface area contributed by atoms with Gasteiger partial charge in [-0.15, -0.1) is 0 Å². The number of carbonyl (C=O) groups excluding carboxylic acids is 1. The Morgan fingerprint density at radius 1 is 1.19 bits per heavy atom. The van der Waals surface area contributed by atoms with Crippen LogP contribution in [0.25, 0.3) is 0 Å². The van der Waals surface area contributed by atoms with Gasteiger partial charge in [-0.3, -0.25) is 4.79 Å². The highest BCUT2D eigenvalue weighted by atomic mass is 19.4. The summed E-state index contributed by atoms with van der Waals surface area (Å²) < 4.78 is 47.9. The van der Waals surface area contributed by atoms with E-state index >= 15 is 0 Å².